The van der Waals surface area contributed by atoms with Crippen LogP contribution in [0.3, 0.4) is 0 Å². The molecule has 7 heteroatoms. The molecule has 4 aromatic rings. The molecule has 1 aromatic carbocycles. The van der Waals surface area contributed by atoms with Crippen LogP contribution < -0.4 is 4.98 Å². The molecule has 4 rings (SSSR count). The Bertz CT molecular complexity index is 1130. The predicted molar refractivity (Wildman–Crippen MR) is 96.7 cm³/mol. The molecule has 26 heavy (non-hydrogen) atoms. The molecule has 0 aliphatic carbocycles. The van der Waals surface area contributed by atoms with Gasteiger partial charge in [0.25, 0.3) is 5.69 Å². The van der Waals surface area contributed by atoms with Gasteiger partial charge in [-0.1, -0.05) is 0 Å². The van der Waals surface area contributed by atoms with E-state index in [9.17, 15) is 4.79 Å². The second-order valence-electron chi connectivity index (χ2n) is 6.36. The molecule has 0 bridgehead atoms. The third-order valence-electron chi connectivity index (χ3n) is 4.23. The number of carbonyl (C=O) groups excluding carboxylic acids is 1. The van der Waals surface area contributed by atoms with Crippen molar-refractivity contribution >= 4 is 38.8 Å². The standard InChI is InChI=1S/C19H18N4O3/c1-10(2)26-19(24)17-11(9-25-3)15-14(8-22-17)23-12-4-5-13-18(16(12)15)21-7-6-20-13/h4-8,10,23H,9H2,1-3H3/p+1. The molecule has 0 fully saturated rings. The molecule has 3 aromatic heterocycles. The molecular weight excluding hydrogens is 332 g/mol. The number of esters is 1. The first-order valence-electron chi connectivity index (χ1n) is 8.38. The largest absolute Gasteiger partial charge is 0.455 e. The number of fused-ring (bicyclic) bond motifs is 5. The number of methoxy groups -OCH3 is 1. The first-order chi connectivity index (χ1) is 12.6. The van der Waals surface area contributed by atoms with Crippen molar-refractivity contribution in [3.8, 4) is 0 Å². The van der Waals surface area contributed by atoms with Crippen molar-refractivity contribution in [3.63, 3.8) is 0 Å². The number of ether oxygens (including phenoxy) is 2. The summed E-state index contributed by atoms with van der Waals surface area (Å²) < 4.78 is 10.8. The van der Waals surface area contributed by atoms with E-state index >= 15 is 0 Å². The summed E-state index contributed by atoms with van der Waals surface area (Å²) in [5, 5.41) is 1.81. The highest BCUT2D eigenvalue weighted by atomic mass is 16.5. The van der Waals surface area contributed by atoms with Crippen LogP contribution >= 0.6 is 0 Å². The van der Waals surface area contributed by atoms with Gasteiger partial charge in [-0.15, -0.1) is 0 Å². The molecule has 0 atom stereocenters. The molecule has 3 heterocycles. The fourth-order valence-electron chi connectivity index (χ4n) is 3.26. The molecular formula is C19H19N4O3+. The SMILES string of the molecule is COCc1c(C(=O)OC(C)C)[nH+]cc2[nH]c3ccc4nccnc4c3c12. The van der Waals surface area contributed by atoms with Gasteiger partial charge in [0.1, 0.15) is 5.52 Å². The summed E-state index contributed by atoms with van der Waals surface area (Å²) in [7, 11) is 1.60. The zero-order valence-electron chi connectivity index (χ0n) is 14.8. The molecule has 0 aliphatic rings. The number of aromatic amines is 2. The van der Waals surface area contributed by atoms with E-state index in [2.05, 4.69) is 19.9 Å². The number of rotatable bonds is 4. The normalized spacial score (nSPS) is 11.7. The number of benzene rings is 1. The molecule has 0 saturated carbocycles. The average Bonchev–Trinajstić information content (AvgIpc) is 3.01. The van der Waals surface area contributed by atoms with E-state index in [0.717, 1.165) is 38.4 Å². The van der Waals surface area contributed by atoms with Crippen molar-refractivity contribution in [1.82, 2.24) is 15.0 Å². The van der Waals surface area contributed by atoms with Crippen LogP contribution in [0.25, 0.3) is 32.8 Å². The molecule has 0 spiro atoms. The van der Waals surface area contributed by atoms with Crippen LogP contribution in [-0.2, 0) is 16.1 Å². The summed E-state index contributed by atoms with van der Waals surface area (Å²) in [6.07, 6.45) is 4.89. The van der Waals surface area contributed by atoms with Gasteiger partial charge in [0.2, 0.25) is 0 Å². The van der Waals surface area contributed by atoms with E-state index in [1.807, 2.05) is 26.0 Å². The van der Waals surface area contributed by atoms with Crippen molar-refractivity contribution in [2.24, 2.45) is 0 Å². The van der Waals surface area contributed by atoms with E-state index in [1.165, 1.54) is 0 Å². The topological polar surface area (TPSA) is 91.2 Å². The fourth-order valence-corrected chi connectivity index (χ4v) is 3.26. The Hall–Kier alpha value is -3.06. The lowest BCUT2D eigenvalue weighted by atomic mass is 10.0. The van der Waals surface area contributed by atoms with Crippen molar-refractivity contribution in [2.75, 3.05) is 7.11 Å². The van der Waals surface area contributed by atoms with Gasteiger partial charge in [0.15, 0.2) is 6.20 Å². The summed E-state index contributed by atoms with van der Waals surface area (Å²) >= 11 is 0. The lowest BCUT2D eigenvalue weighted by molar-refractivity contribution is -0.382. The van der Waals surface area contributed by atoms with Crippen LogP contribution in [0, 0.1) is 0 Å². The molecule has 7 nitrogen and oxygen atoms in total. The molecule has 0 unspecified atom stereocenters. The predicted octanol–water partition coefficient (Wildman–Crippen LogP) is 2.79. The maximum atomic E-state index is 12.6. The van der Waals surface area contributed by atoms with Gasteiger partial charge in [-0.2, -0.15) is 0 Å². The maximum Gasteiger partial charge on any atom is 0.404 e. The number of H-pyrrole nitrogens is 2. The highest BCUT2D eigenvalue weighted by molar-refractivity contribution is 6.19. The minimum absolute atomic E-state index is 0.211. The first-order valence-corrected chi connectivity index (χ1v) is 8.38. The van der Waals surface area contributed by atoms with Crippen LogP contribution in [0.2, 0.25) is 0 Å². The fraction of sp³-hybridized carbons (Fsp3) is 0.263. The molecule has 0 aliphatic heterocycles. The number of hydrogen-bond donors (Lipinski definition) is 1. The number of carbonyl (C=O) groups is 1. The quantitative estimate of drug-likeness (QED) is 0.571. The van der Waals surface area contributed by atoms with E-state index in [4.69, 9.17) is 9.47 Å². The summed E-state index contributed by atoms with van der Waals surface area (Å²) in [6.45, 7) is 3.91. The number of hydrogen-bond acceptors (Lipinski definition) is 5. The minimum atomic E-state index is -0.408. The number of pyridine rings is 1. The van der Waals surface area contributed by atoms with Gasteiger partial charge in [-0.3, -0.25) is 9.97 Å². The monoisotopic (exact) mass is 351 g/mol. The van der Waals surface area contributed by atoms with Crippen LogP contribution in [-0.4, -0.2) is 34.1 Å². The van der Waals surface area contributed by atoms with Crippen LogP contribution in [0.1, 0.15) is 29.9 Å². The first kappa shape index (κ1) is 16.4. The second kappa shape index (κ2) is 6.34. The van der Waals surface area contributed by atoms with E-state index < -0.39 is 5.97 Å². The van der Waals surface area contributed by atoms with Crippen LogP contribution in [0.5, 0.6) is 0 Å². The number of nitrogens with one attached hydrogen (secondary N) is 2. The van der Waals surface area contributed by atoms with Crippen molar-refractivity contribution in [3.05, 3.63) is 42.0 Å². The molecule has 0 saturated heterocycles. The van der Waals surface area contributed by atoms with E-state index in [-0.39, 0.29) is 12.7 Å². The smallest absolute Gasteiger partial charge is 0.404 e. The summed E-state index contributed by atoms with van der Waals surface area (Å²) in [4.78, 5) is 27.9. The van der Waals surface area contributed by atoms with Crippen molar-refractivity contribution < 1.29 is 19.3 Å². The van der Waals surface area contributed by atoms with E-state index in [1.54, 1.807) is 25.7 Å². The third-order valence-corrected chi connectivity index (χ3v) is 4.23. The van der Waals surface area contributed by atoms with Gasteiger partial charge < -0.3 is 14.5 Å². The Morgan fingerprint density at radius 1 is 1.19 bits per heavy atom. The molecule has 0 amide bonds. The average molecular weight is 351 g/mol. The van der Waals surface area contributed by atoms with Gasteiger partial charge in [-0.25, -0.2) is 9.78 Å². The second-order valence-corrected chi connectivity index (χ2v) is 6.36. The highest BCUT2D eigenvalue weighted by Crippen LogP contribution is 2.33. The lowest BCUT2D eigenvalue weighted by Crippen LogP contribution is -2.24. The minimum Gasteiger partial charge on any atom is -0.455 e. The Balaban J connectivity index is 2.10. The Morgan fingerprint density at radius 2 is 2.00 bits per heavy atom. The Morgan fingerprint density at radius 3 is 2.77 bits per heavy atom. The molecule has 2 N–H and O–H groups in total. The van der Waals surface area contributed by atoms with Gasteiger partial charge in [0, 0.05) is 35.8 Å². The highest BCUT2D eigenvalue weighted by Gasteiger charge is 2.27. The van der Waals surface area contributed by atoms with Crippen LogP contribution in [0.15, 0.2) is 30.7 Å². The number of nitrogens with zero attached hydrogens (tertiary/aromatic N) is 2. The van der Waals surface area contributed by atoms with Crippen molar-refractivity contribution in [1.29, 1.82) is 0 Å². The van der Waals surface area contributed by atoms with Crippen LogP contribution in [0.4, 0.5) is 0 Å². The third kappa shape index (κ3) is 2.57. The number of aromatic nitrogens is 4. The lowest BCUT2D eigenvalue weighted by Gasteiger charge is -2.08. The van der Waals surface area contributed by atoms with Gasteiger partial charge >= 0.3 is 5.97 Å². The molecule has 0 radical (unpaired) electrons. The van der Waals surface area contributed by atoms with Gasteiger partial charge in [0.05, 0.1) is 29.3 Å². The summed E-state index contributed by atoms with van der Waals surface area (Å²) in [6, 6.07) is 3.89. The van der Waals surface area contributed by atoms with Crippen molar-refractivity contribution in [2.45, 2.75) is 26.6 Å². The van der Waals surface area contributed by atoms with E-state index in [0.29, 0.717) is 5.69 Å². The summed E-state index contributed by atoms with van der Waals surface area (Å²) in [5.41, 5.74) is 4.49. The maximum absolute atomic E-state index is 12.6. The Labute approximate surface area is 149 Å². The zero-order chi connectivity index (χ0) is 18.3. The Kier molecular flexibility index (Phi) is 4.00. The zero-order valence-corrected chi connectivity index (χ0v) is 14.8. The molecule has 132 valence electrons. The van der Waals surface area contributed by atoms with Gasteiger partial charge in [-0.05, 0) is 26.0 Å². The summed E-state index contributed by atoms with van der Waals surface area (Å²) in [5.74, 6) is -0.408.